The van der Waals surface area contributed by atoms with Crippen LogP contribution in [-0.4, -0.2) is 31.6 Å². The third kappa shape index (κ3) is 3.74. The third-order valence-electron chi connectivity index (χ3n) is 4.01. The van der Waals surface area contributed by atoms with Gasteiger partial charge in [-0.25, -0.2) is 0 Å². The highest BCUT2D eigenvalue weighted by molar-refractivity contribution is 7.99. The Morgan fingerprint density at radius 3 is 3.05 bits per heavy atom. The highest BCUT2D eigenvalue weighted by Crippen LogP contribution is 2.27. The second kappa shape index (κ2) is 6.78. The fourth-order valence-corrected chi connectivity index (χ4v) is 3.82. The summed E-state index contributed by atoms with van der Waals surface area (Å²) in [5.74, 6) is 1.14. The normalized spacial score (nSPS) is 21.8. The first-order valence-corrected chi connectivity index (χ1v) is 8.47. The van der Waals surface area contributed by atoms with Gasteiger partial charge in [-0.15, -0.1) is 11.8 Å². The quantitative estimate of drug-likeness (QED) is 0.638. The van der Waals surface area contributed by atoms with Gasteiger partial charge in [-0.3, -0.25) is 0 Å². The van der Waals surface area contributed by atoms with E-state index < -0.39 is 0 Å². The van der Waals surface area contributed by atoms with E-state index >= 15 is 0 Å². The van der Waals surface area contributed by atoms with Crippen molar-refractivity contribution in [2.75, 3.05) is 25.4 Å². The van der Waals surface area contributed by atoms with Gasteiger partial charge >= 0.3 is 0 Å². The fourth-order valence-electron chi connectivity index (χ4n) is 2.95. The Morgan fingerprint density at radius 1 is 1.21 bits per heavy atom. The molecule has 0 saturated carbocycles. The minimum absolute atomic E-state index is 0.463. The van der Waals surface area contributed by atoms with Gasteiger partial charge in [0.15, 0.2) is 0 Å². The van der Waals surface area contributed by atoms with Crippen LogP contribution in [0.25, 0.3) is 0 Å². The summed E-state index contributed by atoms with van der Waals surface area (Å²) >= 11 is 1.97. The van der Waals surface area contributed by atoms with Gasteiger partial charge in [0.25, 0.3) is 0 Å². The zero-order chi connectivity index (χ0) is 12.9. The Labute approximate surface area is 120 Å². The number of fused-ring (bicyclic) bond motifs is 1. The fraction of sp³-hybridized carbons (Fsp3) is 0.625. The molecule has 3 rings (SSSR count). The molecule has 1 heterocycles. The minimum Gasteiger partial charge on any atom is -0.377 e. The maximum absolute atomic E-state index is 5.60. The first kappa shape index (κ1) is 13.5. The molecule has 1 aromatic carbocycles. The molecule has 3 heteroatoms. The molecule has 1 aromatic rings. The van der Waals surface area contributed by atoms with Crippen LogP contribution in [0.5, 0.6) is 0 Å². The van der Waals surface area contributed by atoms with Crippen LogP contribution in [0.2, 0.25) is 0 Å². The number of nitrogens with one attached hydrogen (secondary N) is 1. The van der Waals surface area contributed by atoms with Crippen LogP contribution < -0.4 is 5.32 Å². The molecule has 2 nitrogen and oxygen atoms in total. The number of hydrogen-bond donors (Lipinski definition) is 1. The van der Waals surface area contributed by atoms with E-state index in [1.807, 2.05) is 11.8 Å². The van der Waals surface area contributed by atoms with Crippen LogP contribution in [0, 0.1) is 0 Å². The molecular formula is C16H23NOS. The highest BCUT2D eigenvalue weighted by atomic mass is 32.2. The molecule has 0 radical (unpaired) electrons. The highest BCUT2D eigenvalue weighted by Gasteiger charge is 2.14. The maximum Gasteiger partial charge on any atom is 0.0700 e. The molecule has 0 bridgehead atoms. The van der Waals surface area contributed by atoms with Crippen molar-refractivity contribution >= 4 is 11.8 Å². The van der Waals surface area contributed by atoms with Gasteiger partial charge in [-0.1, -0.05) is 6.07 Å². The van der Waals surface area contributed by atoms with Crippen molar-refractivity contribution in [1.29, 1.82) is 0 Å². The third-order valence-corrected chi connectivity index (χ3v) is 5.01. The Kier molecular flexibility index (Phi) is 4.81. The molecule has 0 aromatic heterocycles. The molecule has 1 saturated heterocycles. The lowest BCUT2D eigenvalue weighted by molar-refractivity contribution is 0.110. The molecule has 0 spiro atoms. The molecule has 1 atom stereocenters. The van der Waals surface area contributed by atoms with Crippen LogP contribution in [0.3, 0.4) is 0 Å². The van der Waals surface area contributed by atoms with E-state index in [1.165, 1.54) is 37.0 Å². The summed E-state index contributed by atoms with van der Waals surface area (Å²) in [5, 5.41) is 3.50. The van der Waals surface area contributed by atoms with Crippen LogP contribution in [0.15, 0.2) is 23.1 Å². The van der Waals surface area contributed by atoms with Gasteiger partial charge in [0, 0.05) is 30.3 Å². The molecule has 19 heavy (non-hydrogen) atoms. The van der Waals surface area contributed by atoms with Gasteiger partial charge in [0.1, 0.15) is 0 Å². The van der Waals surface area contributed by atoms with E-state index in [9.17, 15) is 0 Å². The van der Waals surface area contributed by atoms with Crippen molar-refractivity contribution in [1.82, 2.24) is 5.32 Å². The lowest BCUT2D eigenvalue weighted by Crippen LogP contribution is -2.27. The standard InChI is InChI=1S/C16H23NOS/c1-3-13-6-7-16(11-14(13)4-1)19-10-8-17-12-15-5-2-9-18-15/h6-7,11,15,17H,1-5,8-10,12H2. The van der Waals surface area contributed by atoms with Crippen molar-refractivity contribution in [2.24, 2.45) is 0 Å². The van der Waals surface area contributed by atoms with E-state index in [2.05, 4.69) is 23.5 Å². The van der Waals surface area contributed by atoms with Crippen molar-refractivity contribution < 1.29 is 4.74 Å². The van der Waals surface area contributed by atoms with E-state index in [1.54, 1.807) is 11.1 Å². The second-order valence-electron chi connectivity index (χ2n) is 5.47. The topological polar surface area (TPSA) is 21.3 Å². The van der Waals surface area contributed by atoms with Crippen LogP contribution in [0.1, 0.15) is 30.4 Å². The summed E-state index contributed by atoms with van der Waals surface area (Å²) in [6.07, 6.45) is 6.82. The maximum atomic E-state index is 5.60. The van der Waals surface area contributed by atoms with Crippen LogP contribution in [0.4, 0.5) is 0 Å². The predicted octanol–water partition coefficient (Wildman–Crippen LogP) is 3.04. The number of benzene rings is 1. The Bertz CT molecular complexity index is 415. The predicted molar refractivity (Wildman–Crippen MR) is 81.0 cm³/mol. The summed E-state index contributed by atoms with van der Waals surface area (Å²) in [6, 6.07) is 7.01. The zero-order valence-electron chi connectivity index (χ0n) is 11.5. The number of ether oxygens (including phenoxy) is 1. The number of rotatable bonds is 6. The number of aryl methyl sites for hydroxylation is 2. The lowest BCUT2D eigenvalue weighted by Gasteiger charge is -2.10. The molecule has 2 aliphatic rings. The first-order chi connectivity index (χ1) is 9.42. The average molecular weight is 277 g/mol. The van der Waals surface area contributed by atoms with Gasteiger partial charge in [-0.2, -0.15) is 0 Å². The Balaban J connectivity index is 1.35. The van der Waals surface area contributed by atoms with E-state index in [4.69, 9.17) is 4.74 Å². The summed E-state index contributed by atoms with van der Waals surface area (Å²) in [6.45, 7) is 3.04. The van der Waals surface area contributed by atoms with E-state index in [0.717, 1.165) is 25.4 Å². The SMILES string of the molecule is c1cc2c(cc1SCCNCC1CCCO1)CCC2. The average Bonchev–Trinajstić information content (AvgIpc) is 3.08. The minimum atomic E-state index is 0.463. The lowest BCUT2D eigenvalue weighted by atomic mass is 10.1. The molecular weight excluding hydrogens is 254 g/mol. The van der Waals surface area contributed by atoms with Crippen LogP contribution in [-0.2, 0) is 17.6 Å². The molecule has 104 valence electrons. The molecule has 1 aliphatic carbocycles. The van der Waals surface area contributed by atoms with Crippen LogP contribution >= 0.6 is 11.8 Å². The monoisotopic (exact) mass is 277 g/mol. The van der Waals surface area contributed by atoms with Gasteiger partial charge < -0.3 is 10.1 Å². The number of thioether (sulfide) groups is 1. The Morgan fingerprint density at radius 2 is 2.16 bits per heavy atom. The van der Waals surface area contributed by atoms with E-state index in [-0.39, 0.29) is 0 Å². The molecule has 0 amide bonds. The zero-order valence-corrected chi connectivity index (χ0v) is 12.3. The number of hydrogen-bond acceptors (Lipinski definition) is 3. The second-order valence-corrected chi connectivity index (χ2v) is 6.64. The Hall–Kier alpha value is -0.510. The van der Waals surface area contributed by atoms with Crippen molar-refractivity contribution in [2.45, 2.75) is 43.1 Å². The van der Waals surface area contributed by atoms with Crippen molar-refractivity contribution in [3.05, 3.63) is 29.3 Å². The van der Waals surface area contributed by atoms with Gasteiger partial charge in [0.2, 0.25) is 0 Å². The summed E-state index contributed by atoms with van der Waals surface area (Å²) < 4.78 is 5.60. The van der Waals surface area contributed by atoms with Gasteiger partial charge in [-0.05, 0) is 55.4 Å². The smallest absolute Gasteiger partial charge is 0.0700 e. The first-order valence-electron chi connectivity index (χ1n) is 7.49. The summed E-state index contributed by atoms with van der Waals surface area (Å²) in [4.78, 5) is 1.43. The molecule has 1 unspecified atom stereocenters. The summed E-state index contributed by atoms with van der Waals surface area (Å²) in [7, 11) is 0. The molecule has 1 aliphatic heterocycles. The van der Waals surface area contributed by atoms with E-state index in [0.29, 0.717) is 6.10 Å². The molecule has 1 N–H and O–H groups in total. The summed E-state index contributed by atoms with van der Waals surface area (Å²) in [5.41, 5.74) is 3.15. The van der Waals surface area contributed by atoms with Crippen molar-refractivity contribution in [3.63, 3.8) is 0 Å². The van der Waals surface area contributed by atoms with Crippen molar-refractivity contribution in [3.8, 4) is 0 Å². The molecule has 1 fully saturated rings. The van der Waals surface area contributed by atoms with Gasteiger partial charge in [0.05, 0.1) is 6.10 Å². The largest absolute Gasteiger partial charge is 0.377 e.